The Labute approximate surface area is 169 Å². The molecule has 5 N–H and O–H groups in total. The summed E-state index contributed by atoms with van der Waals surface area (Å²) in [5.74, 6) is -1.99. The fraction of sp³-hybridized carbons (Fsp3) is 0.400. The van der Waals surface area contributed by atoms with Crippen LogP contribution in [0.4, 0.5) is 5.13 Å². The predicted octanol–water partition coefficient (Wildman–Crippen LogP) is -5.32. The molecular weight excluding hydrogens is 389 g/mol. The van der Waals surface area contributed by atoms with Crippen LogP contribution in [0.5, 0.6) is 0 Å². The molecule has 2 amide bonds. The second-order valence-electron chi connectivity index (χ2n) is 4.51. The van der Waals surface area contributed by atoms with E-state index in [1.807, 2.05) is 0 Å². The quantitative estimate of drug-likeness (QED) is 0.118. The number of amides is 2. The summed E-state index contributed by atoms with van der Waals surface area (Å²) in [6, 6.07) is -2.69. The zero-order valence-electron chi connectivity index (χ0n) is 14.1. The van der Waals surface area contributed by atoms with Crippen LogP contribution < -0.4 is 40.6 Å². The van der Waals surface area contributed by atoms with Gasteiger partial charge in [-0.2, -0.15) is 8.42 Å². The number of rotatable bonds is 6. The first-order chi connectivity index (χ1) is 11.2. The molecule has 0 spiro atoms. The summed E-state index contributed by atoms with van der Waals surface area (Å²) in [7, 11) is -3.65. The summed E-state index contributed by atoms with van der Waals surface area (Å²) in [5, 5.41) is 16.5. The van der Waals surface area contributed by atoms with Crippen molar-refractivity contribution in [2.24, 2.45) is 5.16 Å². The average Bonchev–Trinajstić information content (AvgIpc) is 2.91. The number of anilines is 1. The Morgan fingerprint density at radius 1 is 1.64 bits per heavy atom. The number of carbonyl (C=O) groups excluding carboxylic acids is 2. The van der Waals surface area contributed by atoms with Crippen LogP contribution in [0.3, 0.4) is 0 Å². The van der Waals surface area contributed by atoms with Crippen molar-refractivity contribution in [2.45, 2.75) is 12.1 Å². The standard InChI is InChI=1S/C10H13N5O7S2.Na.H/c1-22-14-6(4-3-23-10(11)12-4)8(17)13-7-5(2-16)15(9(7)18)24(19,20)21;;/h3,5,7,16H,2H2,1H3,(H2,11,12)(H,13,17)(H,19,20,21);;/q;+1;-1/b14-6-;;. The molecule has 1 aromatic rings. The smallest absolute Gasteiger partial charge is 1.00 e. The largest absolute Gasteiger partial charge is 1.00 e. The van der Waals surface area contributed by atoms with Crippen LogP contribution in [0.25, 0.3) is 0 Å². The van der Waals surface area contributed by atoms with E-state index in [1.54, 1.807) is 0 Å². The van der Waals surface area contributed by atoms with Crippen molar-refractivity contribution in [1.82, 2.24) is 14.6 Å². The first kappa shape index (κ1) is 21.8. The average molecular weight is 403 g/mol. The van der Waals surface area contributed by atoms with Gasteiger partial charge in [0, 0.05) is 5.38 Å². The number of nitrogens with zero attached hydrogens (tertiary/aromatic N) is 3. The number of nitrogens with one attached hydrogen (secondary N) is 1. The number of aliphatic hydroxyl groups excluding tert-OH is 1. The third-order valence-corrected chi connectivity index (χ3v) is 4.68. The molecule has 1 fully saturated rings. The molecular formula is C10H14N5NaO7S2. The van der Waals surface area contributed by atoms with Crippen molar-refractivity contribution in [1.29, 1.82) is 0 Å². The first-order valence-electron chi connectivity index (χ1n) is 6.25. The van der Waals surface area contributed by atoms with Crippen LogP contribution in [0, 0.1) is 0 Å². The number of aromatic nitrogens is 1. The van der Waals surface area contributed by atoms with Crippen LogP contribution in [-0.4, -0.2) is 70.7 Å². The van der Waals surface area contributed by atoms with E-state index in [0.717, 1.165) is 11.3 Å². The summed E-state index contributed by atoms with van der Waals surface area (Å²) in [4.78, 5) is 32.4. The number of hydrogen-bond acceptors (Lipinski definition) is 10. The molecule has 0 radical (unpaired) electrons. The molecule has 0 saturated carbocycles. The van der Waals surface area contributed by atoms with Crippen molar-refractivity contribution in [3.05, 3.63) is 11.1 Å². The zero-order valence-corrected chi connectivity index (χ0v) is 16.7. The maximum atomic E-state index is 12.2. The molecule has 15 heteroatoms. The van der Waals surface area contributed by atoms with E-state index in [1.165, 1.54) is 12.5 Å². The molecule has 25 heavy (non-hydrogen) atoms. The number of nitrogen functional groups attached to an aromatic ring is 1. The van der Waals surface area contributed by atoms with E-state index in [4.69, 9.17) is 10.3 Å². The summed E-state index contributed by atoms with van der Waals surface area (Å²) < 4.78 is 31.1. The van der Waals surface area contributed by atoms with Crippen LogP contribution in [-0.2, 0) is 24.7 Å². The number of β-lactam (4-membered cyclic amide) rings is 1. The minimum atomic E-state index is -4.83. The summed E-state index contributed by atoms with van der Waals surface area (Å²) in [6.45, 7) is -0.795. The fourth-order valence-electron chi connectivity index (χ4n) is 2.04. The Bertz CT molecular complexity index is 801. The minimum absolute atomic E-state index is 0. The zero-order chi connectivity index (χ0) is 18.1. The van der Waals surface area contributed by atoms with Gasteiger partial charge < -0.3 is 22.4 Å². The Kier molecular flexibility index (Phi) is 7.30. The molecule has 2 atom stereocenters. The second-order valence-corrected chi connectivity index (χ2v) is 6.69. The maximum absolute atomic E-state index is 12.2. The first-order valence-corrected chi connectivity index (χ1v) is 8.53. The van der Waals surface area contributed by atoms with Gasteiger partial charge in [-0.05, 0) is 0 Å². The number of aliphatic hydroxyl groups is 1. The van der Waals surface area contributed by atoms with Gasteiger partial charge in [-0.15, -0.1) is 11.3 Å². The van der Waals surface area contributed by atoms with Crippen molar-refractivity contribution in [3.8, 4) is 0 Å². The molecule has 2 rings (SSSR count). The van der Waals surface area contributed by atoms with E-state index >= 15 is 0 Å². The molecule has 134 valence electrons. The summed E-state index contributed by atoms with van der Waals surface area (Å²) in [6.07, 6.45) is 0. The van der Waals surface area contributed by atoms with Gasteiger partial charge in [-0.3, -0.25) is 14.1 Å². The molecule has 12 nitrogen and oxygen atoms in total. The summed E-state index contributed by atoms with van der Waals surface area (Å²) in [5.41, 5.74) is 5.28. The third-order valence-electron chi connectivity index (χ3n) is 3.05. The summed E-state index contributed by atoms with van der Waals surface area (Å²) >= 11 is 1.05. The molecule has 1 aliphatic heterocycles. The third kappa shape index (κ3) is 4.46. The van der Waals surface area contributed by atoms with Gasteiger partial charge in [0.25, 0.3) is 11.8 Å². The fourth-order valence-corrected chi connectivity index (χ4v) is 3.46. The van der Waals surface area contributed by atoms with E-state index in [0.29, 0.717) is 0 Å². The SMILES string of the molecule is CO/N=C(\C(=O)NC1C(=O)N(S(=O)(=O)O)C1CO)c1csc(N)n1.[H-].[Na+]. The molecule has 0 bridgehead atoms. The topological polar surface area (TPSA) is 185 Å². The number of nitrogens with two attached hydrogens (primary N) is 1. The number of carbonyl (C=O) groups is 2. The van der Waals surface area contributed by atoms with Crippen LogP contribution in [0.1, 0.15) is 7.12 Å². The molecule has 1 aliphatic rings. The monoisotopic (exact) mass is 403 g/mol. The van der Waals surface area contributed by atoms with Crippen LogP contribution in [0.15, 0.2) is 10.5 Å². The second kappa shape index (κ2) is 8.39. The molecule has 2 unspecified atom stereocenters. The predicted molar refractivity (Wildman–Crippen MR) is 82.4 cm³/mol. The minimum Gasteiger partial charge on any atom is -1.00 e. The normalized spacial score (nSPS) is 20.5. The Morgan fingerprint density at radius 2 is 2.28 bits per heavy atom. The van der Waals surface area contributed by atoms with Crippen molar-refractivity contribution in [2.75, 3.05) is 19.5 Å². The van der Waals surface area contributed by atoms with Crippen molar-refractivity contribution >= 4 is 44.3 Å². The Hall–Kier alpha value is -1.29. The van der Waals surface area contributed by atoms with Gasteiger partial charge in [0.05, 0.1) is 6.61 Å². The molecule has 1 aromatic heterocycles. The van der Waals surface area contributed by atoms with Gasteiger partial charge in [-0.25, -0.2) is 9.29 Å². The number of oxime groups is 1. The molecule has 0 aliphatic carbocycles. The molecule has 1 saturated heterocycles. The maximum Gasteiger partial charge on any atom is 1.00 e. The van der Waals surface area contributed by atoms with E-state index < -0.39 is 40.8 Å². The van der Waals surface area contributed by atoms with E-state index in [9.17, 15) is 23.1 Å². The van der Waals surface area contributed by atoms with E-state index in [-0.39, 0.29) is 51.8 Å². The van der Waals surface area contributed by atoms with Crippen molar-refractivity contribution in [3.63, 3.8) is 0 Å². The van der Waals surface area contributed by atoms with Crippen molar-refractivity contribution < 1.29 is 63.5 Å². The van der Waals surface area contributed by atoms with E-state index in [2.05, 4.69) is 20.3 Å². The molecule has 0 aromatic carbocycles. The van der Waals surface area contributed by atoms with Crippen LogP contribution in [0.2, 0.25) is 0 Å². The van der Waals surface area contributed by atoms with Crippen LogP contribution >= 0.6 is 11.3 Å². The number of thiazole rings is 1. The van der Waals surface area contributed by atoms with Gasteiger partial charge >= 0.3 is 39.9 Å². The van der Waals surface area contributed by atoms with Gasteiger partial charge in [-0.1, -0.05) is 5.16 Å². The Balaban J connectivity index is 0.00000312. The Morgan fingerprint density at radius 3 is 2.72 bits per heavy atom. The van der Waals surface area contributed by atoms with Gasteiger partial charge in [0.15, 0.2) is 10.8 Å². The van der Waals surface area contributed by atoms with Gasteiger partial charge in [0.2, 0.25) is 0 Å². The van der Waals surface area contributed by atoms with Gasteiger partial charge in [0.1, 0.15) is 24.9 Å². The molecule has 2 heterocycles. The number of hydrogen-bond donors (Lipinski definition) is 4.